The average molecular weight is 386 g/mol. The third-order valence-corrected chi connectivity index (χ3v) is 4.74. The molecule has 132 valence electrons. The van der Waals surface area contributed by atoms with E-state index in [0.717, 1.165) is 6.42 Å². The summed E-state index contributed by atoms with van der Waals surface area (Å²) in [6.45, 7) is 1.84. The number of nitrogens with one attached hydrogen (secondary N) is 1. The lowest BCUT2D eigenvalue weighted by Gasteiger charge is -2.10. The highest BCUT2D eigenvalue weighted by atomic mass is 35.5. The summed E-state index contributed by atoms with van der Waals surface area (Å²) < 4.78 is 1.87. The predicted octanol–water partition coefficient (Wildman–Crippen LogP) is 5.07. The summed E-state index contributed by atoms with van der Waals surface area (Å²) in [5.74, 6) is -0.143. The van der Waals surface area contributed by atoms with Gasteiger partial charge in [-0.1, -0.05) is 53.5 Å². The first kappa shape index (κ1) is 18.4. The van der Waals surface area contributed by atoms with Crippen LogP contribution in [0.3, 0.4) is 0 Å². The molecule has 0 fully saturated rings. The van der Waals surface area contributed by atoms with Crippen molar-refractivity contribution in [1.29, 1.82) is 0 Å². The molecule has 0 unspecified atom stereocenters. The van der Waals surface area contributed by atoms with Crippen LogP contribution in [0.15, 0.2) is 73.1 Å². The van der Waals surface area contributed by atoms with E-state index in [2.05, 4.69) is 17.4 Å². The minimum atomic E-state index is -0.368. The van der Waals surface area contributed by atoms with Crippen LogP contribution in [0.25, 0.3) is 0 Å². The molecule has 3 nitrogen and oxygen atoms in total. The van der Waals surface area contributed by atoms with E-state index in [4.69, 9.17) is 23.2 Å². The molecule has 0 saturated heterocycles. The van der Waals surface area contributed by atoms with Gasteiger partial charge in [-0.05, 0) is 35.7 Å². The Balaban J connectivity index is 1.67. The van der Waals surface area contributed by atoms with Crippen molar-refractivity contribution in [2.24, 2.45) is 0 Å². The van der Waals surface area contributed by atoms with Crippen LogP contribution in [0.2, 0.25) is 10.0 Å². The molecule has 0 radical (unpaired) electrons. The second-order valence-corrected chi connectivity index (χ2v) is 6.95. The quantitative estimate of drug-likeness (QED) is 0.610. The van der Waals surface area contributed by atoms with Crippen LogP contribution in [0.1, 0.15) is 24.1 Å². The number of benzene rings is 2. The highest BCUT2D eigenvalue weighted by molar-refractivity contribution is 6.36. The van der Waals surface area contributed by atoms with Crippen molar-refractivity contribution in [3.05, 3.63) is 94.2 Å². The van der Waals surface area contributed by atoms with Crippen LogP contribution in [0.5, 0.6) is 0 Å². The van der Waals surface area contributed by atoms with Crippen molar-refractivity contribution in [2.75, 3.05) is 5.32 Å². The lowest BCUT2D eigenvalue weighted by Crippen LogP contribution is -2.44. The minimum Gasteiger partial charge on any atom is -0.319 e. The van der Waals surface area contributed by atoms with E-state index in [1.54, 1.807) is 18.2 Å². The van der Waals surface area contributed by atoms with E-state index < -0.39 is 0 Å². The lowest BCUT2D eigenvalue weighted by atomic mass is 10.1. The number of rotatable bonds is 5. The molecule has 0 saturated carbocycles. The van der Waals surface area contributed by atoms with E-state index in [9.17, 15) is 4.79 Å². The Labute approximate surface area is 163 Å². The molecule has 0 spiro atoms. The second kappa shape index (κ2) is 8.35. The van der Waals surface area contributed by atoms with Crippen molar-refractivity contribution in [3.8, 4) is 0 Å². The van der Waals surface area contributed by atoms with Crippen LogP contribution in [-0.4, -0.2) is 5.91 Å². The number of hydrogen-bond acceptors (Lipinski definition) is 1. The van der Waals surface area contributed by atoms with Crippen molar-refractivity contribution < 1.29 is 9.36 Å². The molecule has 1 amide bonds. The van der Waals surface area contributed by atoms with Crippen molar-refractivity contribution in [1.82, 2.24) is 0 Å². The molecule has 1 heterocycles. The summed E-state index contributed by atoms with van der Waals surface area (Å²) in [7, 11) is 0. The lowest BCUT2D eigenvalue weighted by molar-refractivity contribution is -0.705. The number of carbonyl (C=O) groups excluding carboxylic acids is 1. The number of aromatic nitrogens is 1. The molecule has 3 aromatic rings. The summed E-state index contributed by atoms with van der Waals surface area (Å²) in [6.07, 6.45) is 4.71. The monoisotopic (exact) mass is 385 g/mol. The van der Waals surface area contributed by atoms with Gasteiger partial charge < -0.3 is 5.32 Å². The summed E-state index contributed by atoms with van der Waals surface area (Å²) in [4.78, 5) is 12.5. The number of anilines is 1. The highest BCUT2D eigenvalue weighted by Gasteiger charge is 2.22. The first-order valence-corrected chi connectivity index (χ1v) is 9.08. The Morgan fingerprint density at radius 2 is 1.65 bits per heavy atom. The van der Waals surface area contributed by atoms with Gasteiger partial charge in [0.05, 0.1) is 10.7 Å². The Morgan fingerprint density at radius 1 is 1.00 bits per heavy atom. The standard InChI is InChI=1S/C21H18Cl2N2O/c1-15(21(26)24-20-8-7-18(22)14-19(20)23)25-11-9-17(10-12-25)13-16-5-3-2-4-6-16/h2-12,14-15H,13H2,1H3/p+1/t15-/m1/s1. The van der Waals surface area contributed by atoms with Crippen LogP contribution in [0.4, 0.5) is 5.69 Å². The third-order valence-electron chi connectivity index (χ3n) is 4.19. The molecular formula is C21H19Cl2N2O+. The number of amides is 1. The van der Waals surface area contributed by atoms with E-state index in [0.29, 0.717) is 15.7 Å². The van der Waals surface area contributed by atoms with Gasteiger partial charge in [-0.3, -0.25) is 4.79 Å². The SMILES string of the molecule is C[C@H](C(=O)Nc1ccc(Cl)cc1Cl)[n+]1ccc(Cc2ccccc2)cc1. The molecule has 0 aliphatic heterocycles. The molecule has 1 aromatic heterocycles. The summed E-state index contributed by atoms with van der Waals surface area (Å²) in [6, 6.07) is 19.0. The maximum Gasteiger partial charge on any atom is 0.293 e. The van der Waals surface area contributed by atoms with E-state index in [1.165, 1.54) is 11.1 Å². The molecule has 1 N–H and O–H groups in total. The van der Waals surface area contributed by atoms with Crippen molar-refractivity contribution in [2.45, 2.75) is 19.4 Å². The first-order chi connectivity index (χ1) is 12.5. The molecule has 0 aliphatic rings. The highest BCUT2D eigenvalue weighted by Crippen LogP contribution is 2.25. The fourth-order valence-electron chi connectivity index (χ4n) is 2.64. The molecule has 0 aliphatic carbocycles. The predicted molar refractivity (Wildman–Crippen MR) is 106 cm³/mol. The van der Waals surface area contributed by atoms with Gasteiger partial charge in [-0.25, -0.2) is 0 Å². The van der Waals surface area contributed by atoms with Crippen LogP contribution >= 0.6 is 23.2 Å². The van der Waals surface area contributed by atoms with Crippen molar-refractivity contribution >= 4 is 34.8 Å². The van der Waals surface area contributed by atoms with E-state index >= 15 is 0 Å². The number of nitrogens with zero attached hydrogens (tertiary/aromatic N) is 1. The molecule has 0 bridgehead atoms. The zero-order valence-corrected chi connectivity index (χ0v) is 15.8. The number of carbonyl (C=O) groups is 1. The van der Waals surface area contributed by atoms with Gasteiger partial charge in [0, 0.05) is 24.1 Å². The van der Waals surface area contributed by atoms with Crippen LogP contribution in [0, 0.1) is 0 Å². The Morgan fingerprint density at radius 3 is 2.31 bits per heavy atom. The number of pyridine rings is 1. The van der Waals surface area contributed by atoms with Gasteiger partial charge in [0.15, 0.2) is 12.4 Å². The maximum absolute atomic E-state index is 12.5. The van der Waals surface area contributed by atoms with Gasteiger partial charge in [0.25, 0.3) is 5.91 Å². The van der Waals surface area contributed by atoms with Gasteiger partial charge in [-0.2, -0.15) is 4.57 Å². The van der Waals surface area contributed by atoms with Crippen molar-refractivity contribution in [3.63, 3.8) is 0 Å². The molecule has 5 heteroatoms. The van der Waals surface area contributed by atoms with E-state index in [-0.39, 0.29) is 11.9 Å². The summed E-state index contributed by atoms with van der Waals surface area (Å²) in [5, 5.41) is 3.79. The Bertz CT molecular complexity index is 896. The number of hydrogen-bond donors (Lipinski definition) is 1. The Kier molecular flexibility index (Phi) is 5.92. The van der Waals surface area contributed by atoms with E-state index in [1.807, 2.05) is 54.2 Å². The zero-order chi connectivity index (χ0) is 18.5. The minimum absolute atomic E-state index is 0.143. The zero-order valence-electron chi connectivity index (χ0n) is 14.3. The molecular weight excluding hydrogens is 367 g/mol. The molecule has 3 rings (SSSR count). The molecule has 26 heavy (non-hydrogen) atoms. The summed E-state index contributed by atoms with van der Waals surface area (Å²) >= 11 is 12.0. The van der Waals surface area contributed by atoms with Crippen LogP contribution < -0.4 is 9.88 Å². The summed E-state index contributed by atoms with van der Waals surface area (Å²) in [5.41, 5.74) is 3.00. The first-order valence-electron chi connectivity index (χ1n) is 8.32. The second-order valence-electron chi connectivity index (χ2n) is 6.11. The largest absolute Gasteiger partial charge is 0.319 e. The maximum atomic E-state index is 12.5. The van der Waals surface area contributed by atoms with Gasteiger partial charge in [0.1, 0.15) is 0 Å². The van der Waals surface area contributed by atoms with Crippen LogP contribution in [-0.2, 0) is 11.2 Å². The molecule has 2 aromatic carbocycles. The smallest absolute Gasteiger partial charge is 0.293 e. The number of halogens is 2. The third kappa shape index (κ3) is 4.63. The normalized spacial score (nSPS) is 11.8. The van der Waals surface area contributed by atoms with Gasteiger partial charge in [-0.15, -0.1) is 0 Å². The fourth-order valence-corrected chi connectivity index (χ4v) is 3.10. The van der Waals surface area contributed by atoms with Gasteiger partial charge in [0.2, 0.25) is 6.04 Å². The molecule has 1 atom stereocenters. The Hall–Kier alpha value is -2.36. The fraction of sp³-hybridized carbons (Fsp3) is 0.143. The van der Waals surface area contributed by atoms with Gasteiger partial charge >= 0.3 is 0 Å². The average Bonchev–Trinajstić information content (AvgIpc) is 2.65. The topological polar surface area (TPSA) is 33.0 Å².